The summed E-state index contributed by atoms with van der Waals surface area (Å²) in [6.07, 6.45) is 3.07. The molecule has 5 heteroatoms. The molecule has 0 aliphatic carbocycles. The number of aryl methyl sites for hydroxylation is 3. The van der Waals surface area contributed by atoms with E-state index < -0.39 is 6.10 Å². The molecule has 0 unspecified atom stereocenters. The van der Waals surface area contributed by atoms with Crippen molar-refractivity contribution in [3.05, 3.63) is 65.2 Å². The maximum atomic E-state index is 12.6. The normalized spacial score (nSPS) is 12.0. The van der Waals surface area contributed by atoms with Crippen LogP contribution in [-0.4, -0.2) is 26.8 Å². The maximum absolute atomic E-state index is 12.6. The summed E-state index contributed by atoms with van der Waals surface area (Å²) in [7, 11) is 0. The molecule has 26 heavy (non-hydrogen) atoms. The molecule has 5 nitrogen and oxygen atoms in total. The van der Waals surface area contributed by atoms with E-state index in [1.807, 2.05) is 32.0 Å². The summed E-state index contributed by atoms with van der Waals surface area (Å²) >= 11 is 0. The van der Waals surface area contributed by atoms with Crippen molar-refractivity contribution in [1.29, 1.82) is 0 Å². The van der Waals surface area contributed by atoms with E-state index in [0.29, 0.717) is 5.82 Å². The zero-order valence-electron chi connectivity index (χ0n) is 15.5. The molecule has 0 saturated carbocycles. The SMILES string of the molecule is Cc1cc(C)c(O[C@@H](C)C(=O)Cc2ncc(-c3ccccn3)[nH]2)c(C)c1. The molecule has 0 aliphatic heterocycles. The Morgan fingerprint density at radius 1 is 1.15 bits per heavy atom. The molecule has 3 rings (SSSR count). The fraction of sp³-hybridized carbons (Fsp3) is 0.286. The quantitative estimate of drug-likeness (QED) is 0.731. The number of rotatable bonds is 6. The average Bonchev–Trinajstić information content (AvgIpc) is 3.07. The van der Waals surface area contributed by atoms with Crippen molar-refractivity contribution in [2.45, 2.75) is 40.2 Å². The van der Waals surface area contributed by atoms with Gasteiger partial charge in [0, 0.05) is 6.20 Å². The maximum Gasteiger partial charge on any atom is 0.180 e. The number of pyridine rings is 1. The van der Waals surface area contributed by atoms with Crippen LogP contribution in [0.1, 0.15) is 29.4 Å². The second kappa shape index (κ2) is 7.52. The molecule has 3 aromatic rings. The number of hydrogen-bond acceptors (Lipinski definition) is 4. The summed E-state index contributed by atoms with van der Waals surface area (Å²) in [5.41, 5.74) is 4.86. The van der Waals surface area contributed by atoms with E-state index in [9.17, 15) is 4.79 Å². The minimum atomic E-state index is -0.543. The fourth-order valence-corrected chi connectivity index (χ4v) is 3.01. The van der Waals surface area contributed by atoms with Crippen molar-refractivity contribution in [3.8, 4) is 17.1 Å². The minimum Gasteiger partial charge on any atom is -0.482 e. The number of imidazole rings is 1. The molecule has 0 bridgehead atoms. The molecular weight excluding hydrogens is 326 g/mol. The van der Waals surface area contributed by atoms with Crippen molar-refractivity contribution in [2.75, 3.05) is 0 Å². The summed E-state index contributed by atoms with van der Waals surface area (Å²) in [6.45, 7) is 7.83. The van der Waals surface area contributed by atoms with Crippen LogP contribution >= 0.6 is 0 Å². The highest BCUT2D eigenvalue weighted by Gasteiger charge is 2.19. The Labute approximate surface area is 153 Å². The Balaban J connectivity index is 1.68. The van der Waals surface area contributed by atoms with Crippen molar-refractivity contribution in [1.82, 2.24) is 15.0 Å². The monoisotopic (exact) mass is 349 g/mol. The van der Waals surface area contributed by atoms with E-state index in [0.717, 1.165) is 28.3 Å². The summed E-state index contributed by atoms with van der Waals surface area (Å²) in [5, 5.41) is 0. The second-order valence-corrected chi connectivity index (χ2v) is 6.59. The van der Waals surface area contributed by atoms with Gasteiger partial charge in [-0.3, -0.25) is 9.78 Å². The van der Waals surface area contributed by atoms with E-state index in [1.165, 1.54) is 5.56 Å². The fourth-order valence-electron chi connectivity index (χ4n) is 3.01. The van der Waals surface area contributed by atoms with Gasteiger partial charge < -0.3 is 9.72 Å². The number of carbonyl (C=O) groups excluding carboxylic acids is 1. The van der Waals surface area contributed by atoms with Crippen LogP contribution in [0, 0.1) is 20.8 Å². The van der Waals surface area contributed by atoms with Crippen LogP contribution in [0.2, 0.25) is 0 Å². The van der Waals surface area contributed by atoms with Crippen LogP contribution in [0.3, 0.4) is 0 Å². The molecule has 2 aromatic heterocycles. The van der Waals surface area contributed by atoms with Gasteiger partial charge in [0.2, 0.25) is 0 Å². The molecule has 0 amide bonds. The van der Waals surface area contributed by atoms with E-state index in [4.69, 9.17) is 4.74 Å². The van der Waals surface area contributed by atoms with Crippen LogP contribution in [0.15, 0.2) is 42.7 Å². The first-order valence-corrected chi connectivity index (χ1v) is 8.66. The summed E-state index contributed by atoms with van der Waals surface area (Å²) in [6, 6.07) is 9.79. The molecule has 0 saturated heterocycles. The van der Waals surface area contributed by atoms with Gasteiger partial charge in [-0.25, -0.2) is 4.98 Å². The van der Waals surface area contributed by atoms with Gasteiger partial charge in [0.05, 0.1) is 24.0 Å². The highest BCUT2D eigenvalue weighted by Crippen LogP contribution is 2.26. The van der Waals surface area contributed by atoms with E-state index in [1.54, 1.807) is 19.3 Å². The Kier molecular flexibility index (Phi) is 5.16. The van der Waals surface area contributed by atoms with Crippen LogP contribution in [0.25, 0.3) is 11.4 Å². The van der Waals surface area contributed by atoms with Gasteiger partial charge in [0.1, 0.15) is 11.6 Å². The number of nitrogens with one attached hydrogen (secondary N) is 1. The van der Waals surface area contributed by atoms with Crippen LogP contribution < -0.4 is 4.74 Å². The minimum absolute atomic E-state index is 0.0219. The Morgan fingerprint density at radius 3 is 2.54 bits per heavy atom. The van der Waals surface area contributed by atoms with Crippen LogP contribution in [-0.2, 0) is 11.2 Å². The Hall–Kier alpha value is -2.95. The smallest absolute Gasteiger partial charge is 0.180 e. The van der Waals surface area contributed by atoms with Gasteiger partial charge in [-0.15, -0.1) is 0 Å². The predicted octanol–water partition coefficient (Wildman–Crippen LogP) is 3.98. The van der Waals surface area contributed by atoms with Gasteiger partial charge in [-0.05, 0) is 51.0 Å². The number of Topliss-reactive ketones (excluding diaryl/α,β-unsaturated/α-hetero) is 1. The number of hydrogen-bond donors (Lipinski definition) is 1. The molecule has 1 atom stereocenters. The lowest BCUT2D eigenvalue weighted by atomic mass is 10.1. The Bertz CT molecular complexity index is 893. The second-order valence-electron chi connectivity index (χ2n) is 6.59. The van der Waals surface area contributed by atoms with E-state index >= 15 is 0 Å². The number of H-pyrrole nitrogens is 1. The molecule has 2 heterocycles. The molecule has 1 N–H and O–H groups in total. The highest BCUT2D eigenvalue weighted by molar-refractivity contribution is 5.84. The Morgan fingerprint density at radius 2 is 1.88 bits per heavy atom. The number of ketones is 1. The van der Waals surface area contributed by atoms with E-state index in [-0.39, 0.29) is 12.2 Å². The number of aromatic amines is 1. The number of carbonyl (C=O) groups is 1. The third-order valence-corrected chi connectivity index (χ3v) is 4.26. The standard InChI is InChI=1S/C21H23N3O2/c1-13-9-14(2)21(15(3)10-13)26-16(4)19(25)11-20-23-12-18(24-20)17-7-5-6-8-22-17/h5-10,12,16H,11H2,1-4H3,(H,23,24)/t16-/m0/s1. The van der Waals surface area contributed by atoms with E-state index in [2.05, 4.69) is 34.0 Å². The van der Waals surface area contributed by atoms with Crippen molar-refractivity contribution < 1.29 is 9.53 Å². The third-order valence-electron chi connectivity index (χ3n) is 4.26. The molecule has 0 fully saturated rings. The summed E-state index contributed by atoms with van der Waals surface area (Å²) in [5.74, 6) is 1.37. The zero-order chi connectivity index (χ0) is 18.7. The lowest BCUT2D eigenvalue weighted by molar-refractivity contribution is -0.124. The average molecular weight is 349 g/mol. The number of benzene rings is 1. The highest BCUT2D eigenvalue weighted by atomic mass is 16.5. The van der Waals surface area contributed by atoms with Gasteiger partial charge in [0.15, 0.2) is 11.9 Å². The first-order chi connectivity index (χ1) is 12.4. The largest absolute Gasteiger partial charge is 0.482 e. The molecule has 0 spiro atoms. The van der Waals surface area contributed by atoms with Crippen molar-refractivity contribution in [2.24, 2.45) is 0 Å². The van der Waals surface area contributed by atoms with Gasteiger partial charge >= 0.3 is 0 Å². The topological polar surface area (TPSA) is 67.9 Å². The number of nitrogens with zero attached hydrogens (tertiary/aromatic N) is 2. The van der Waals surface area contributed by atoms with Gasteiger partial charge in [0.25, 0.3) is 0 Å². The number of ether oxygens (including phenoxy) is 1. The third kappa shape index (κ3) is 3.99. The molecular formula is C21H23N3O2. The number of aromatic nitrogens is 3. The molecule has 0 radical (unpaired) electrons. The molecule has 0 aliphatic rings. The first-order valence-electron chi connectivity index (χ1n) is 8.66. The first kappa shape index (κ1) is 17.9. The summed E-state index contributed by atoms with van der Waals surface area (Å²) in [4.78, 5) is 24.3. The molecule has 134 valence electrons. The lowest BCUT2D eigenvalue weighted by Crippen LogP contribution is -2.26. The van der Waals surface area contributed by atoms with Crippen LogP contribution in [0.4, 0.5) is 0 Å². The van der Waals surface area contributed by atoms with Gasteiger partial charge in [-0.2, -0.15) is 0 Å². The van der Waals surface area contributed by atoms with Gasteiger partial charge in [-0.1, -0.05) is 23.8 Å². The van der Waals surface area contributed by atoms with Crippen LogP contribution in [0.5, 0.6) is 5.75 Å². The lowest BCUT2D eigenvalue weighted by Gasteiger charge is -2.17. The molecule has 1 aromatic carbocycles. The van der Waals surface area contributed by atoms with Crippen molar-refractivity contribution in [3.63, 3.8) is 0 Å². The summed E-state index contributed by atoms with van der Waals surface area (Å²) < 4.78 is 5.95. The van der Waals surface area contributed by atoms with Crippen molar-refractivity contribution >= 4 is 5.78 Å². The predicted molar refractivity (Wildman–Crippen MR) is 101 cm³/mol. The zero-order valence-corrected chi connectivity index (χ0v) is 15.5.